The second kappa shape index (κ2) is 16.8. The van der Waals surface area contributed by atoms with Crippen LogP contribution >= 0.6 is 0 Å². The van der Waals surface area contributed by atoms with Crippen LogP contribution in [0.25, 0.3) is 0 Å². The fourth-order valence-corrected chi connectivity index (χ4v) is 8.94. The van der Waals surface area contributed by atoms with Gasteiger partial charge in [0.05, 0.1) is 31.8 Å². The smallest absolute Gasteiger partial charge is 0.232 e. The van der Waals surface area contributed by atoms with Gasteiger partial charge in [0.2, 0.25) is 11.8 Å². The maximum Gasteiger partial charge on any atom is 0.232 e. The highest BCUT2D eigenvalue weighted by molar-refractivity contribution is 5.91. The monoisotopic (exact) mass is 676 g/mol. The Morgan fingerprint density at radius 3 is 1.62 bits per heavy atom. The SMILES string of the molecule is NC(=O)C(c1ccccc1)(c1ccccc1)C1CCN(CCOCCOCCN2CCC(C(C(N)=O)(c3ccccc3)C3C=CC=CC3)C2)C1. The molecule has 0 aromatic heterocycles. The molecule has 4 N–H and O–H groups in total. The van der Waals surface area contributed by atoms with E-state index >= 15 is 0 Å². The molecule has 2 heterocycles. The number of allylic oxidation sites excluding steroid dienone is 4. The lowest BCUT2D eigenvalue weighted by molar-refractivity contribution is -0.127. The standard InChI is InChI=1S/C42H52N4O4/c43-39(47)41(33-13-5-1-6-14-33,34-15-7-2-8-16-34)37-21-23-45(31-37)25-27-49-29-30-50-28-26-46-24-22-38(32-46)42(40(44)48,35-17-9-3-10-18-35)36-19-11-4-12-20-36/h1-19,36-38H,20-32H2,(H2,43,47)(H2,44,48). The number of ether oxygens (including phenoxy) is 2. The predicted molar refractivity (Wildman–Crippen MR) is 197 cm³/mol. The van der Waals surface area contributed by atoms with Gasteiger partial charge in [-0.05, 0) is 66.8 Å². The maximum absolute atomic E-state index is 13.4. The van der Waals surface area contributed by atoms with Crippen LogP contribution in [-0.4, -0.2) is 87.3 Å². The molecule has 3 aromatic carbocycles. The van der Waals surface area contributed by atoms with Crippen molar-refractivity contribution in [3.05, 3.63) is 132 Å². The molecule has 50 heavy (non-hydrogen) atoms. The molecule has 8 nitrogen and oxygen atoms in total. The van der Waals surface area contributed by atoms with Crippen LogP contribution in [0.1, 0.15) is 36.0 Å². The number of hydrogen-bond donors (Lipinski definition) is 2. The molecule has 6 rings (SSSR count). The van der Waals surface area contributed by atoms with Crippen molar-refractivity contribution in [2.45, 2.75) is 30.1 Å². The first-order chi connectivity index (χ1) is 24.5. The van der Waals surface area contributed by atoms with Gasteiger partial charge in [-0.15, -0.1) is 0 Å². The molecule has 264 valence electrons. The van der Waals surface area contributed by atoms with E-state index < -0.39 is 10.8 Å². The molecule has 4 atom stereocenters. The van der Waals surface area contributed by atoms with E-state index in [2.05, 4.69) is 34.1 Å². The van der Waals surface area contributed by atoms with Gasteiger partial charge >= 0.3 is 0 Å². The van der Waals surface area contributed by atoms with Crippen molar-refractivity contribution in [1.82, 2.24) is 9.80 Å². The van der Waals surface area contributed by atoms with Gasteiger partial charge in [0.15, 0.2) is 0 Å². The first-order valence-corrected chi connectivity index (χ1v) is 18.2. The third kappa shape index (κ3) is 7.35. The summed E-state index contributed by atoms with van der Waals surface area (Å²) in [7, 11) is 0. The van der Waals surface area contributed by atoms with Crippen LogP contribution < -0.4 is 11.5 Å². The summed E-state index contributed by atoms with van der Waals surface area (Å²) in [5.74, 6) is -0.309. The second-order valence-electron chi connectivity index (χ2n) is 14.0. The summed E-state index contributed by atoms with van der Waals surface area (Å²) in [5.41, 5.74) is 13.8. The number of primary amides is 2. The Bertz CT molecular complexity index is 1560. The molecule has 2 amide bonds. The Labute approximate surface area is 297 Å². The number of nitrogens with zero attached hydrogens (tertiary/aromatic N) is 2. The minimum Gasteiger partial charge on any atom is -0.378 e. The minimum absolute atomic E-state index is 0.0376. The van der Waals surface area contributed by atoms with Crippen molar-refractivity contribution in [1.29, 1.82) is 0 Å². The average Bonchev–Trinajstić information content (AvgIpc) is 3.82. The van der Waals surface area contributed by atoms with E-state index in [0.29, 0.717) is 26.4 Å². The first-order valence-electron chi connectivity index (χ1n) is 18.2. The van der Waals surface area contributed by atoms with Gasteiger partial charge in [0, 0.05) is 26.2 Å². The van der Waals surface area contributed by atoms with E-state index in [9.17, 15) is 9.59 Å². The number of amides is 2. The summed E-state index contributed by atoms with van der Waals surface area (Å²) in [6.45, 7) is 7.27. The third-order valence-corrected chi connectivity index (χ3v) is 11.3. The van der Waals surface area contributed by atoms with Crippen LogP contribution in [0.5, 0.6) is 0 Å². The van der Waals surface area contributed by atoms with Gasteiger partial charge < -0.3 is 30.7 Å². The lowest BCUT2D eigenvalue weighted by Crippen LogP contribution is -2.53. The number of carbonyl (C=O) groups is 2. The van der Waals surface area contributed by atoms with Gasteiger partial charge in [-0.2, -0.15) is 0 Å². The van der Waals surface area contributed by atoms with E-state index in [4.69, 9.17) is 20.9 Å². The largest absolute Gasteiger partial charge is 0.378 e. The highest BCUT2D eigenvalue weighted by Gasteiger charge is 2.52. The molecule has 1 aliphatic carbocycles. The fraction of sp³-hybridized carbons (Fsp3) is 0.429. The van der Waals surface area contributed by atoms with Crippen molar-refractivity contribution in [3.63, 3.8) is 0 Å². The molecule has 2 saturated heterocycles. The summed E-state index contributed by atoms with van der Waals surface area (Å²) in [6.07, 6.45) is 11.0. The Kier molecular flexibility index (Phi) is 12.0. The minimum atomic E-state index is -0.880. The zero-order valence-corrected chi connectivity index (χ0v) is 29.1. The van der Waals surface area contributed by atoms with Gasteiger partial charge in [-0.1, -0.05) is 115 Å². The lowest BCUT2D eigenvalue weighted by atomic mass is 9.60. The number of likely N-dealkylation sites (tertiary alicyclic amines) is 2. The number of rotatable bonds is 17. The molecule has 0 bridgehead atoms. The van der Waals surface area contributed by atoms with Gasteiger partial charge in [-0.25, -0.2) is 0 Å². The fourth-order valence-electron chi connectivity index (χ4n) is 8.94. The second-order valence-corrected chi connectivity index (χ2v) is 14.0. The summed E-state index contributed by atoms with van der Waals surface area (Å²) in [4.78, 5) is 31.5. The zero-order chi connectivity index (χ0) is 34.8. The van der Waals surface area contributed by atoms with Crippen molar-refractivity contribution < 1.29 is 19.1 Å². The quantitative estimate of drug-likeness (QED) is 0.201. The van der Waals surface area contributed by atoms with Crippen molar-refractivity contribution >= 4 is 11.8 Å². The van der Waals surface area contributed by atoms with Gasteiger partial charge in [-0.3, -0.25) is 9.59 Å². The first kappa shape index (κ1) is 35.7. The summed E-state index contributed by atoms with van der Waals surface area (Å²) < 4.78 is 12.0. The molecule has 0 radical (unpaired) electrons. The molecule has 8 heteroatoms. The maximum atomic E-state index is 13.4. The van der Waals surface area contributed by atoms with Crippen LogP contribution in [0.15, 0.2) is 115 Å². The summed E-state index contributed by atoms with van der Waals surface area (Å²) in [6, 6.07) is 30.1. The summed E-state index contributed by atoms with van der Waals surface area (Å²) in [5, 5.41) is 0. The topological polar surface area (TPSA) is 111 Å². The highest BCUT2D eigenvalue weighted by Crippen LogP contribution is 2.47. The van der Waals surface area contributed by atoms with Crippen LogP contribution in [-0.2, 0) is 29.9 Å². The third-order valence-electron chi connectivity index (χ3n) is 11.3. The molecule has 3 aliphatic rings. The molecule has 0 saturated carbocycles. The number of hydrogen-bond acceptors (Lipinski definition) is 6. The van der Waals surface area contributed by atoms with E-state index in [0.717, 1.165) is 75.2 Å². The Morgan fingerprint density at radius 1 is 0.640 bits per heavy atom. The molecular weight excluding hydrogens is 624 g/mol. The molecule has 4 unspecified atom stereocenters. The van der Waals surface area contributed by atoms with E-state index in [1.54, 1.807) is 0 Å². The van der Waals surface area contributed by atoms with Gasteiger partial charge in [0.25, 0.3) is 0 Å². The average molecular weight is 677 g/mol. The zero-order valence-electron chi connectivity index (χ0n) is 29.1. The summed E-state index contributed by atoms with van der Waals surface area (Å²) >= 11 is 0. The van der Waals surface area contributed by atoms with Crippen LogP contribution in [0.4, 0.5) is 0 Å². The highest BCUT2D eigenvalue weighted by atomic mass is 16.5. The van der Waals surface area contributed by atoms with Gasteiger partial charge in [0.1, 0.15) is 5.41 Å². The van der Waals surface area contributed by atoms with Crippen LogP contribution in [0.3, 0.4) is 0 Å². The lowest BCUT2D eigenvalue weighted by Gasteiger charge is -2.42. The Morgan fingerprint density at radius 2 is 1.14 bits per heavy atom. The Balaban J connectivity index is 0.943. The molecule has 2 fully saturated rings. The van der Waals surface area contributed by atoms with Crippen molar-refractivity contribution in [3.8, 4) is 0 Å². The van der Waals surface area contributed by atoms with E-state index in [-0.39, 0.29) is 29.6 Å². The molecule has 0 spiro atoms. The number of nitrogens with two attached hydrogens (primary N) is 2. The predicted octanol–water partition coefficient (Wildman–Crippen LogP) is 4.69. The van der Waals surface area contributed by atoms with Crippen molar-refractivity contribution in [2.24, 2.45) is 29.2 Å². The van der Waals surface area contributed by atoms with Crippen molar-refractivity contribution in [2.75, 3.05) is 65.7 Å². The van der Waals surface area contributed by atoms with Crippen LogP contribution in [0, 0.1) is 17.8 Å². The molecular formula is C42H52N4O4. The molecule has 3 aromatic rings. The van der Waals surface area contributed by atoms with Crippen LogP contribution in [0.2, 0.25) is 0 Å². The number of benzene rings is 3. The normalized spacial score (nSPS) is 22.4. The Hall–Kier alpha value is -4.08. The molecule has 2 aliphatic heterocycles. The van der Waals surface area contributed by atoms with E-state index in [1.807, 2.05) is 91.0 Å². The van der Waals surface area contributed by atoms with E-state index in [1.165, 1.54) is 0 Å². The number of carbonyl (C=O) groups excluding carboxylic acids is 2.